The molecule has 0 saturated carbocycles. The summed E-state index contributed by atoms with van der Waals surface area (Å²) in [6, 6.07) is 14.6. The van der Waals surface area contributed by atoms with Crippen LogP contribution in [0.15, 0.2) is 55.0 Å². The number of nitrogens with one attached hydrogen (secondary N) is 1. The molecule has 3 heterocycles. The van der Waals surface area contributed by atoms with Gasteiger partial charge in [-0.1, -0.05) is 18.2 Å². The van der Waals surface area contributed by atoms with Gasteiger partial charge in [0, 0.05) is 30.5 Å². The first kappa shape index (κ1) is 14.7. The highest BCUT2D eigenvalue weighted by molar-refractivity contribution is 5.58. The van der Waals surface area contributed by atoms with Gasteiger partial charge in [0.15, 0.2) is 0 Å². The van der Waals surface area contributed by atoms with E-state index < -0.39 is 0 Å². The zero-order valence-electron chi connectivity index (χ0n) is 13.6. The molecule has 0 radical (unpaired) electrons. The van der Waals surface area contributed by atoms with Gasteiger partial charge in [0.1, 0.15) is 12.1 Å². The van der Waals surface area contributed by atoms with Crippen LogP contribution in [0.4, 0.5) is 17.5 Å². The fourth-order valence-electron chi connectivity index (χ4n) is 3.12. The average molecular weight is 320 g/mol. The van der Waals surface area contributed by atoms with Crippen LogP contribution < -0.4 is 10.2 Å². The molecule has 1 aromatic carbocycles. The van der Waals surface area contributed by atoms with Crippen LogP contribution in [0.1, 0.15) is 19.8 Å². The number of nitrogens with zero attached hydrogens (tertiary/aromatic N) is 5. The van der Waals surface area contributed by atoms with E-state index in [1.807, 2.05) is 36.5 Å². The van der Waals surface area contributed by atoms with Gasteiger partial charge >= 0.3 is 0 Å². The second-order valence-electron chi connectivity index (χ2n) is 6.06. The van der Waals surface area contributed by atoms with Crippen LogP contribution >= 0.6 is 0 Å². The largest absolute Gasteiger partial charge is 0.369 e. The zero-order chi connectivity index (χ0) is 16.4. The van der Waals surface area contributed by atoms with Crippen molar-refractivity contribution in [1.82, 2.24) is 19.7 Å². The molecule has 4 rings (SSSR count). The summed E-state index contributed by atoms with van der Waals surface area (Å²) in [5, 5.41) is 7.65. The predicted octanol–water partition coefficient (Wildman–Crippen LogP) is 3.39. The maximum Gasteiger partial charge on any atom is 0.248 e. The third-order valence-corrected chi connectivity index (χ3v) is 4.38. The van der Waals surface area contributed by atoms with E-state index in [1.165, 1.54) is 18.5 Å². The number of para-hydroxylation sites is 1. The Morgan fingerprint density at radius 2 is 1.96 bits per heavy atom. The number of hydrogen-bond acceptors (Lipinski definition) is 5. The van der Waals surface area contributed by atoms with E-state index in [9.17, 15) is 0 Å². The van der Waals surface area contributed by atoms with Gasteiger partial charge < -0.3 is 10.2 Å². The Kier molecular flexibility index (Phi) is 3.86. The Balaban J connectivity index is 1.53. The fraction of sp³-hybridized carbons (Fsp3) is 0.278. The zero-order valence-corrected chi connectivity index (χ0v) is 13.6. The summed E-state index contributed by atoms with van der Waals surface area (Å²) in [7, 11) is 0. The number of benzene rings is 1. The number of pyridine rings is 1. The molecule has 122 valence electrons. The molecule has 1 fully saturated rings. The molecule has 0 aliphatic carbocycles. The Hall–Kier alpha value is -2.89. The number of hydrogen-bond donors (Lipinski definition) is 1. The average Bonchev–Trinajstić information content (AvgIpc) is 3.25. The number of rotatable bonds is 4. The van der Waals surface area contributed by atoms with Crippen LogP contribution in [0.3, 0.4) is 0 Å². The highest BCUT2D eigenvalue weighted by Gasteiger charge is 2.20. The summed E-state index contributed by atoms with van der Waals surface area (Å²) < 4.78 is 1.74. The quantitative estimate of drug-likeness (QED) is 0.798. The SMILES string of the molecule is CC1CCCN1c1ccnc(Nc2ncn(-c3ccccc3)n2)c1. The number of aromatic nitrogens is 4. The molecule has 1 aliphatic heterocycles. The fourth-order valence-corrected chi connectivity index (χ4v) is 3.12. The van der Waals surface area contributed by atoms with E-state index in [0.29, 0.717) is 12.0 Å². The van der Waals surface area contributed by atoms with Crippen molar-refractivity contribution in [2.45, 2.75) is 25.8 Å². The molecule has 2 aromatic heterocycles. The van der Waals surface area contributed by atoms with E-state index in [1.54, 1.807) is 11.0 Å². The first-order valence-electron chi connectivity index (χ1n) is 8.26. The molecule has 0 spiro atoms. The van der Waals surface area contributed by atoms with E-state index >= 15 is 0 Å². The molecule has 1 atom stereocenters. The maximum atomic E-state index is 4.46. The molecule has 0 bridgehead atoms. The summed E-state index contributed by atoms with van der Waals surface area (Å²) in [5.41, 5.74) is 2.17. The van der Waals surface area contributed by atoms with Gasteiger partial charge in [-0.15, -0.1) is 5.10 Å². The summed E-state index contributed by atoms with van der Waals surface area (Å²) in [6.07, 6.45) is 6.02. The minimum atomic E-state index is 0.540. The summed E-state index contributed by atoms with van der Waals surface area (Å²) in [6.45, 7) is 3.37. The third-order valence-electron chi connectivity index (χ3n) is 4.38. The molecule has 1 N–H and O–H groups in total. The van der Waals surface area contributed by atoms with Crippen LogP contribution in [-0.4, -0.2) is 32.3 Å². The normalized spacial score (nSPS) is 17.2. The van der Waals surface area contributed by atoms with E-state index in [2.05, 4.69) is 44.3 Å². The molecule has 3 aromatic rings. The molecular formula is C18H20N6. The highest BCUT2D eigenvalue weighted by atomic mass is 15.4. The Morgan fingerprint density at radius 3 is 2.75 bits per heavy atom. The van der Waals surface area contributed by atoms with Gasteiger partial charge in [0.2, 0.25) is 5.95 Å². The van der Waals surface area contributed by atoms with E-state index in [4.69, 9.17) is 0 Å². The van der Waals surface area contributed by atoms with Crippen molar-refractivity contribution in [2.24, 2.45) is 0 Å². The van der Waals surface area contributed by atoms with Crippen molar-refractivity contribution in [1.29, 1.82) is 0 Å². The predicted molar refractivity (Wildman–Crippen MR) is 94.9 cm³/mol. The highest BCUT2D eigenvalue weighted by Crippen LogP contribution is 2.26. The molecule has 1 unspecified atom stereocenters. The topological polar surface area (TPSA) is 58.9 Å². The van der Waals surface area contributed by atoms with Crippen molar-refractivity contribution in [3.8, 4) is 5.69 Å². The van der Waals surface area contributed by atoms with Crippen LogP contribution in [0.5, 0.6) is 0 Å². The lowest BCUT2D eigenvalue weighted by atomic mass is 10.2. The van der Waals surface area contributed by atoms with Gasteiger partial charge in [-0.25, -0.2) is 9.67 Å². The summed E-state index contributed by atoms with van der Waals surface area (Å²) >= 11 is 0. The van der Waals surface area contributed by atoms with Crippen molar-refractivity contribution in [3.63, 3.8) is 0 Å². The molecule has 1 saturated heterocycles. The Labute approximate surface area is 141 Å². The molecule has 24 heavy (non-hydrogen) atoms. The van der Waals surface area contributed by atoms with Crippen LogP contribution in [0.2, 0.25) is 0 Å². The second-order valence-corrected chi connectivity index (χ2v) is 6.06. The minimum Gasteiger partial charge on any atom is -0.369 e. The van der Waals surface area contributed by atoms with Crippen molar-refractivity contribution < 1.29 is 0 Å². The lowest BCUT2D eigenvalue weighted by Crippen LogP contribution is -2.26. The van der Waals surface area contributed by atoms with Crippen molar-refractivity contribution in [2.75, 3.05) is 16.8 Å². The monoisotopic (exact) mass is 320 g/mol. The maximum absolute atomic E-state index is 4.46. The van der Waals surface area contributed by atoms with Crippen LogP contribution in [0.25, 0.3) is 5.69 Å². The first-order chi connectivity index (χ1) is 11.8. The van der Waals surface area contributed by atoms with Gasteiger partial charge in [-0.3, -0.25) is 0 Å². The first-order valence-corrected chi connectivity index (χ1v) is 8.26. The molecule has 1 aliphatic rings. The lowest BCUT2D eigenvalue weighted by molar-refractivity contribution is 0.735. The Morgan fingerprint density at radius 1 is 1.08 bits per heavy atom. The van der Waals surface area contributed by atoms with Crippen LogP contribution in [-0.2, 0) is 0 Å². The lowest BCUT2D eigenvalue weighted by Gasteiger charge is -2.23. The smallest absolute Gasteiger partial charge is 0.248 e. The second kappa shape index (κ2) is 6.31. The van der Waals surface area contributed by atoms with Crippen LogP contribution in [0, 0.1) is 0 Å². The van der Waals surface area contributed by atoms with Gasteiger partial charge in [0.25, 0.3) is 0 Å². The van der Waals surface area contributed by atoms with Gasteiger partial charge in [-0.05, 0) is 38.0 Å². The molecule has 6 heteroatoms. The molecule has 6 nitrogen and oxygen atoms in total. The van der Waals surface area contributed by atoms with Gasteiger partial charge in [-0.2, -0.15) is 4.98 Å². The molecular weight excluding hydrogens is 300 g/mol. The van der Waals surface area contributed by atoms with E-state index in [0.717, 1.165) is 18.1 Å². The van der Waals surface area contributed by atoms with Crippen molar-refractivity contribution >= 4 is 17.5 Å². The standard InChI is InChI=1S/C18H20N6/c1-14-6-5-11-23(14)16-9-10-19-17(12-16)21-18-20-13-24(22-18)15-7-3-2-4-8-15/h2-4,7-10,12-14H,5-6,11H2,1H3,(H,19,21,22). The Bertz CT molecular complexity index is 813. The minimum absolute atomic E-state index is 0.540. The van der Waals surface area contributed by atoms with Gasteiger partial charge in [0.05, 0.1) is 5.69 Å². The summed E-state index contributed by atoms with van der Waals surface area (Å²) in [4.78, 5) is 11.1. The third kappa shape index (κ3) is 2.95. The van der Waals surface area contributed by atoms with E-state index in [-0.39, 0.29) is 0 Å². The molecule has 0 amide bonds. The summed E-state index contributed by atoms with van der Waals surface area (Å²) in [5.74, 6) is 1.30. The number of anilines is 3. The van der Waals surface area contributed by atoms with Crippen molar-refractivity contribution in [3.05, 3.63) is 55.0 Å².